The van der Waals surface area contributed by atoms with E-state index in [1.54, 1.807) is 0 Å². The molecule has 0 aliphatic rings. The molecule has 0 saturated heterocycles. The van der Waals surface area contributed by atoms with Crippen LogP contribution in [0, 0.1) is 0 Å². The van der Waals surface area contributed by atoms with Crippen molar-refractivity contribution in [3.8, 4) is 39.3 Å². The number of rotatable bonds is 4. The van der Waals surface area contributed by atoms with Gasteiger partial charge in [-0.1, -0.05) is 127 Å². The summed E-state index contributed by atoms with van der Waals surface area (Å²) in [6.45, 7) is 0. The maximum absolute atomic E-state index is 5.19. The molecule has 49 heavy (non-hydrogen) atoms. The average Bonchev–Trinajstić information content (AvgIpc) is 3.52. The molecule has 0 unspecified atom stereocenters. The summed E-state index contributed by atoms with van der Waals surface area (Å²) in [5.74, 6) is 0.728. The molecular weight excluding hydrogens is 595 g/mol. The van der Waals surface area contributed by atoms with E-state index in [1.165, 1.54) is 54.8 Å². The molecular formula is C46H29N3. The van der Waals surface area contributed by atoms with E-state index in [4.69, 9.17) is 9.97 Å². The lowest BCUT2D eigenvalue weighted by molar-refractivity contribution is 1.18. The normalized spacial score (nSPS) is 11.7. The standard InChI is InChI=1S/C46H29N3/c1-2-16-35(17-3-1)49-43-23-9-8-21-39(43)41-28-33(24-25-44(41)49)31-13-10-12-30(26-31)32-14-11-15-34(27-32)46-47-29-42-38-20-5-4-18-36(38)37-19-6-7-22-40(37)45(42)48-46/h1-29H. The molecule has 10 rings (SSSR count). The summed E-state index contributed by atoms with van der Waals surface area (Å²) < 4.78 is 2.36. The predicted octanol–water partition coefficient (Wildman–Crippen LogP) is 12.0. The Morgan fingerprint density at radius 1 is 0.347 bits per heavy atom. The smallest absolute Gasteiger partial charge is 0.159 e. The molecule has 0 bridgehead atoms. The molecule has 0 amide bonds. The van der Waals surface area contributed by atoms with Crippen LogP contribution < -0.4 is 0 Å². The minimum Gasteiger partial charge on any atom is -0.309 e. The summed E-state index contributed by atoms with van der Waals surface area (Å²) in [5.41, 5.74) is 10.2. The van der Waals surface area contributed by atoms with Crippen molar-refractivity contribution in [1.29, 1.82) is 0 Å². The summed E-state index contributed by atoms with van der Waals surface area (Å²) in [4.78, 5) is 10.1. The monoisotopic (exact) mass is 623 g/mol. The summed E-state index contributed by atoms with van der Waals surface area (Å²) in [6, 6.07) is 60.6. The van der Waals surface area contributed by atoms with E-state index in [2.05, 4.69) is 174 Å². The topological polar surface area (TPSA) is 30.7 Å². The largest absolute Gasteiger partial charge is 0.309 e. The molecule has 228 valence electrons. The van der Waals surface area contributed by atoms with Gasteiger partial charge in [0.05, 0.1) is 16.6 Å². The van der Waals surface area contributed by atoms with Crippen molar-refractivity contribution in [1.82, 2.24) is 14.5 Å². The van der Waals surface area contributed by atoms with Crippen molar-refractivity contribution in [2.75, 3.05) is 0 Å². The number of hydrogen-bond acceptors (Lipinski definition) is 2. The fraction of sp³-hybridized carbons (Fsp3) is 0. The predicted molar refractivity (Wildman–Crippen MR) is 205 cm³/mol. The van der Waals surface area contributed by atoms with Gasteiger partial charge in [-0.3, -0.25) is 0 Å². The van der Waals surface area contributed by atoms with E-state index in [1.807, 2.05) is 6.20 Å². The van der Waals surface area contributed by atoms with E-state index in [0.29, 0.717) is 0 Å². The SMILES string of the molecule is c1ccc(-n2c3ccccc3c3cc(-c4cccc(-c5cccc(-c6ncc7c8ccccc8c8ccccc8c7n6)c5)c4)ccc32)cc1. The van der Waals surface area contributed by atoms with Crippen LogP contribution in [0.3, 0.4) is 0 Å². The molecule has 0 aliphatic heterocycles. The molecule has 0 radical (unpaired) electrons. The Labute approximate surface area is 283 Å². The van der Waals surface area contributed by atoms with E-state index >= 15 is 0 Å². The lowest BCUT2D eigenvalue weighted by Crippen LogP contribution is -1.93. The van der Waals surface area contributed by atoms with Crippen molar-refractivity contribution >= 4 is 54.3 Å². The van der Waals surface area contributed by atoms with Gasteiger partial charge >= 0.3 is 0 Å². The van der Waals surface area contributed by atoms with Crippen LogP contribution in [0.15, 0.2) is 176 Å². The first-order valence-corrected chi connectivity index (χ1v) is 16.7. The Balaban J connectivity index is 1.06. The first kappa shape index (κ1) is 27.5. The highest BCUT2D eigenvalue weighted by Gasteiger charge is 2.15. The van der Waals surface area contributed by atoms with Gasteiger partial charge in [0.25, 0.3) is 0 Å². The zero-order valence-electron chi connectivity index (χ0n) is 26.6. The summed E-state index contributed by atoms with van der Waals surface area (Å²) in [6.07, 6.45) is 1.99. The highest BCUT2D eigenvalue weighted by Crippen LogP contribution is 2.37. The molecule has 2 aromatic heterocycles. The molecule has 0 spiro atoms. The van der Waals surface area contributed by atoms with Crippen LogP contribution in [0.4, 0.5) is 0 Å². The van der Waals surface area contributed by atoms with E-state index in [0.717, 1.165) is 38.8 Å². The van der Waals surface area contributed by atoms with E-state index < -0.39 is 0 Å². The number of aromatic nitrogens is 3. The zero-order valence-corrected chi connectivity index (χ0v) is 26.6. The summed E-state index contributed by atoms with van der Waals surface area (Å²) in [5, 5.41) is 8.34. The Bertz CT molecular complexity index is 2850. The van der Waals surface area contributed by atoms with Crippen LogP contribution in [0.2, 0.25) is 0 Å². The third kappa shape index (κ3) is 4.44. The Hall–Kier alpha value is -6.58. The van der Waals surface area contributed by atoms with Crippen LogP contribution in [0.5, 0.6) is 0 Å². The molecule has 0 atom stereocenters. The quantitative estimate of drug-likeness (QED) is 0.183. The number of nitrogens with zero attached hydrogens (tertiary/aromatic N) is 3. The van der Waals surface area contributed by atoms with Crippen LogP contribution in [0.25, 0.3) is 93.6 Å². The maximum atomic E-state index is 5.19. The van der Waals surface area contributed by atoms with Gasteiger partial charge in [0, 0.05) is 39.0 Å². The number of fused-ring (bicyclic) bond motifs is 9. The Morgan fingerprint density at radius 3 is 1.61 bits per heavy atom. The van der Waals surface area contributed by atoms with Crippen molar-refractivity contribution in [3.63, 3.8) is 0 Å². The molecule has 2 heterocycles. The number of para-hydroxylation sites is 2. The fourth-order valence-electron chi connectivity index (χ4n) is 7.52. The third-order valence-electron chi connectivity index (χ3n) is 9.82. The first-order chi connectivity index (χ1) is 24.3. The Kier molecular flexibility index (Phi) is 6.18. The zero-order chi connectivity index (χ0) is 32.3. The minimum absolute atomic E-state index is 0.728. The van der Waals surface area contributed by atoms with Gasteiger partial charge < -0.3 is 4.57 Å². The molecule has 3 nitrogen and oxygen atoms in total. The van der Waals surface area contributed by atoms with Crippen LogP contribution in [-0.4, -0.2) is 14.5 Å². The van der Waals surface area contributed by atoms with Gasteiger partial charge in [0.1, 0.15) is 0 Å². The lowest BCUT2D eigenvalue weighted by atomic mass is 9.96. The van der Waals surface area contributed by atoms with Gasteiger partial charge in [0.15, 0.2) is 5.82 Å². The molecule has 0 aliphatic carbocycles. The highest BCUT2D eigenvalue weighted by molar-refractivity contribution is 6.24. The fourth-order valence-corrected chi connectivity index (χ4v) is 7.52. The van der Waals surface area contributed by atoms with Crippen molar-refractivity contribution in [2.24, 2.45) is 0 Å². The van der Waals surface area contributed by atoms with Crippen LogP contribution >= 0.6 is 0 Å². The second-order valence-electron chi connectivity index (χ2n) is 12.6. The van der Waals surface area contributed by atoms with E-state index in [-0.39, 0.29) is 0 Å². The van der Waals surface area contributed by atoms with Gasteiger partial charge in [0.2, 0.25) is 0 Å². The van der Waals surface area contributed by atoms with Gasteiger partial charge in [-0.25, -0.2) is 9.97 Å². The molecule has 0 saturated carbocycles. The van der Waals surface area contributed by atoms with Gasteiger partial charge in [-0.05, 0) is 80.9 Å². The van der Waals surface area contributed by atoms with E-state index in [9.17, 15) is 0 Å². The van der Waals surface area contributed by atoms with Crippen molar-refractivity contribution in [3.05, 3.63) is 176 Å². The molecule has 3 heteroatoms. The van der Waals surface area contributed by atoms with Gasteiger partial charge in [-0.15, -0.1) is 0 Å². The summed E-state index contributed by atoms with van der Waals surface area (Å²) in [7, 11) is 0. The first-order valence-electron chi connectivity index (χ1n) is 16.7. The van der Waals surface area contributed by atoms with Crippen LogP contribution in [-0.2, 0) is 0 Å². The molecule has 0 N–H and O–H groups in total. The summed E-state index contributed by atoms with van der Waals surface area (Å²) >= 11 is 0. The Morgan fingerprint density at radius 2 is 0.878 bits per heavy atom. The lowest BCUT2D eigenvalue weighted by Gasteiger charge is -2.11. The van der Waals surface area contributed by atoms with Crippen molar-refractivity contribution in [2.45, 2.75) is 0 Å². The second-order valence-corrected chi connectivity index (χ2v) is 12.6. The number of hydrogen-bond donors (Lipinski definition) is 0. The van der Waals surface area contributed by atoms with Crippen LogP contribution in [0.1, 0.15) is 0 Å². The van der Waals surface area contributed by atoms with Gasteiger partial charge in [-0.2, -0.15) is 0 Å². The van der Waals surface area contributed by atoms with Crippen molar-refractivity contribution < 1.29 is 0 Å². The second kappa shape index (κ2) is 11.0. The minimum atomic E-state index is 0.728. The molecule has 10 aromatic rings. The third-order valence-corrected chi connectivity index (χ3v) is 9.82. The average molecular weight is 624 g/mol. The molecule has 8 aromatic carbocycles. The number of benzene rings is 8. The highest BCUT2D eigenvalue weighted by atomic mass is 15.0. The maximum Gasteiger partial charge on any atom is 0.159 e. The molecule has 0 fully saturated rings.